The van der Waals surface area contributed by atoms with Crippen LogP contribution in [0.25, 0.3) is 0 Å². The van der Waals surface area contributed by atoms with Gasteiger partial charge < -0.3 is 19.9 Å². The van der Waals surface area contributed by atoms with Gasteiger partial charge in [-0.05, 0) is 49.9 Å². The number of rotatable bonds is 3. The number of para-hydroxylation sites is 1. The van der Waals surface area contributed by atoms with Crippen molar-refractivity contribution in [2.24, 2.45) is 0 Å². The van der Waals surface area contributed by atoms with E-state index >= 15 is 0 Å². The quantitative estimate of drug-likeness (QED) is 0.869. The first-order valence-corrected chi connectivity index (χ1v) is 9.77. The molecule has 2 aromatic rings. The summed E-state index contributed by atoms with van der Waals surface area (Å²) < 4.78 is 5.16. The van der Waals surface area contributed by atoms with Gasteiger partial charge in [0.05, 0.1) is 19.2 Å². The van der Waals surface area contributed by atoms with E-state index in [1.807, 2.05) is 71.4 Å². The number of hydrogen-bond acceptors (Lipinski definition) is 4. The lowest BCUT2D eigenvalue weighted by atomic mass is 9.92. The molecule has 2 aliphatic heterocycles. The molecule has 7 nitrogen and oxygen atoms in total. The molecule has 3 amide bonds. The number of nitrogens with one attached hydrogen (secondary N) is 1. The molecule has 1 unspecified atom stereocenters. The monoisotopic (exact) mass is 394 g/mol. The first-order valence-electron chi connectivity index (χ1n) is 9.77. The molecule has 29 heavy (non-hydrogen) atoms. The van der Waals surface area contributed by atoms with Gasteiger partial charge in [-0.25, -0.2) is 4.79 Å². The third-order valence-corrected chi connectivity index (χ3v) is 5.96. The molecule has 152 valence electrons. The maximum Gasteiger partial charge on any atom is 0.321 e. The van der Waals surface area contributed by atoms with Gasteiger partial charge in [0.2, 0.25) is 5.91 Å². The smallest absolute Gasteiger partial charge is 0.321 e. The van der Waals surface area contributed by atoms with Crippen LogP contribution in [0, 0.1) is 0 Å². The molecule has 2 saturated heterocycles. The molecule has 2 aromatic carbocycles. The first kappa shape index (κ1) is 19.3. The van der Waals surface area contributed by atoms with Crippen LogP contribution in [0.1, 0.15) is 6.42 Å². The summed E-state index contributed by atoms with van der Waals surface area (Å²) in [6.07, 6.45) is 0.830. The van der Waals surface area contributed by atoms with E-state index in [0.717, 1.165) is 23.5 Å². The van der Waals surface area contributed by atoms with Crippen LogP contribution in [0.4, 0.5) is 16.2 Å². The van der Waals surface area contributed by atoms with Gasteiger partial charge in [0.1, 0.15) is 5.75 Å². The fourth-order valence-electron chi connectivity index (χ4n) is 4.15. The molecule has 7 heteroatoms. The summed E-state index contributed by atoms with van der Waals surface area (Å²) in [7, 11) is 3.59. The van der Waals surface area contributed by atoms with E-state index in [9.17, 15) is 9.59 Å². The topological polar surface area (TPSA) is 65.1 Å². The van der Waals surface area contributed by atoms with Crippen molar-refractivity contribution in [1.29, 1.82) is 0 Å². The fourth-order valence-corrected chi connectivity index (χ4v) is 4.15. The van der Waals surface area contributed by atoms with Crippen molar-refractivity contribution in [3.8, 4) is 5.75 Å². The van der Waals surface area contributed by atoms with Gasteiger partial charge in [-0.1, -0.05) is 18.2 Å². The fraction of sp³-hybridized carbons (Fsp3) is 0.364. The lowest BCUT2D eigenvalue weighted by Gasteiger charge is -2.46. The summed E-state index contributed by atoms with van der Waals surface area (Å²) >= 11 is 0. The van der Waals surface area contributed by atoms with Crippen LogP contribution >= 0.6 is 0 Å². The number of ether oxygens (including phenoxy) is 1. The summed E-state index contributed by atoms with van der Waals surface area (Å²) in [5.74, 6) is 0.836. The van der Waals surface area contributed by atoms with Gasteiger partial charge in [-0.2, -0.15) is 0 Å². The van der Waals surface area contributed by atoms with Gasteiger partial charge >= 0.3 is 6.03 Å². The summed E-state index contributed by atoms with van der Waals surface area (Å²) in [4.78, 5) is 31.2. The molecule has 0 aromatic heterocycles. The second-order valence-corrected chi connectivity index (χ2v) is 7.73. The molecular formula is C22H26N4O3. The molecule has 2 heterocycles. The normalized spacial score (nSPS) is 22.2. The van der Waals surface area contributed by atoms with Crippen molar-refractivity contribution in [2.75, 3.05) is 50.6 Å². The first-order chi connectivity index (χ1) is 14.0. The zero-order chi connectivity index (χ0) is 20.4. The molecule has 1 spiro atoms. The number of piperazine rings is 1. The van der Waals surface area contributed by atoms with Crippen LogP contribution in [0.3, 0.4) is 0 Å². The number of carbonyl (C=O) groups is 2. The molecule has 1 atom stereocenters. The molecule has 0 aliphatic carbocycles. The molecule has 0 radical (unpaired) electrons. The molecule has 2 fully saturated rings. The molecule has 4 rings (SSSR count). The Hall–Kier alpha value is -3.06. The van der Waals surface area contributed by atoms with Crippen molar-refractivity contribution >= 4 is 23.3 Å². The van der Waals surface area contributed by atoms with E-state index < -0.39 is 0 Å². The second-order valence-electron chi connectivity index (χ2n) is 7.73. The Morgan fingerprint density at radius 1 is 1.07 bits per heavy atom. The highest BCUT2D eigenvalue weighted by atomic mass is 16.5. The van der Waals surface area contributed by atoms with E-state index in [1.54, 1.807) is 7.11 Å². The van der Waals surface area contributed by atoms with Crippen LogP contribution in [0.5, 0.6) is 5.75 Å². The van der Waals surface area contributed by atoms with E-state index in [-0.39, 0.29) is 17.5 Å². The van der Waals surface area contributed by atoms with Crippen LogP contribution in [0.15, 0.2) is 54.6 Å². The van der Waals surface area contributed by atoms with Crippen LogP contribution in [-0.2, 0) is 4.79 Å². The molecular weight excluding hydrogens is 368 g/mol. The number of urea groups is 1. The Morgan fingerprint density at radius 2 is 1.79 bits per heavy atom. The average molecular weight is 394 g/mol. The summed E-state index contributed by atoms with van der Waals surface area (Å²) in [5.41, 5.74) is 1.40. The number of benzene rings is 2. The highest BCUT2D eigenvalue weighted by Gasteiger charge is 2.48. The molecule has 1 N–H and O–H groups in total. The van der Waals surface area contributed by atoms with Crippen molar-refractivity contribution in [3.05, 3.63) is 54.6 Å². The minimum atomic E-state index is -0.235. The predicted octanol–water partition coefficient (Wildman–Crippen LogP) is 2.65. The Labute approximate surface area is 170 Å². The number of likely N-dealkylation sites (N-methyl/N-ethyl adjacent to an activating group) is 1. The zero-order valence-electron chi connectivity index (χ0n) is 16.8. The van der Waals surface area contributed by atoms with Crippen LogP contribution < -0.4 is 15.0 Å². The molecule has 0 bridgehead atoms. The van der Waals surface area contributed by atoms with E-state index in [2.05, 4.69) is 10.2 Å². The van der Waals surface area contributed by atoms with Gasteiger partial charge in [0.15, 0.2) is 0 Å². The van der Waals surface area contributed by atoms with E-state index in [4.69, 9.17) is 4.74 Å². The molecule has 2 aliphatic rings. The van der Waals surface area contributed by atoms with Gasteiger partial charge in [0, 0.05) is 31.0 Å². The predicted molar refractivity (Wildman–Crippen MR) is 112 cm³/mol. The van der Waals surface area contributed by atoms with E-state index in [0.29, 0.717) is 26.2 Å². The van der Waals surface area contributed by atoms with Crippen LogP contribution in [0.2, 0.25) is 0 Å². The second kappa shape index (κ2) is 7.75. The largest absolute Gasteiger partial charge is 0.497 e. The minimum Gasteiger partial charge on any atom is -0.497 e. The Bertz CT molecular complexity index is 887. The summed E-state index contributed by atoms with van der Waals surface area (Å²) in [6.45, 7) is 2.17. The maximum atomic E-state index is 12.8. The lowest BCUT2D eigenvalue weighted by molar-refractivity contribution is -0.123. The van der Waals surface area contributed by atoms with Crippen molar-refractivity contribution in [2.45, 2.75) is 12.0 Å². The third kappa shape index (κ3) is 3.78. The standard InChI is InChI=1S/C22H26N4O3/c1-24-14-20(27)26(18-6-4-3-5-7-18)16-22(24)12-13-25(15-22)21(28)23-17-8-10-19(29-2)11-9-17/h3-11H,12-16H2,1-2H3,(H,23,28). The Morgan fingerprint density at radius 3 is 2.48 bits per heavy atom. The zero-order valence-corrected chi connectivity index (χ0v) is 16.8. The third-order valence-electron chi connectivity index (χ3n) is 5.96. The SMILES string of the molecule is COc1ccc(NC(=O)N2CCC3(C2)CN(c2ccccc2)C(=O)CN3C)cc1. The lowest BCUT2D eigenvalue weighted by Crippen LogP contribution is -2.64. The number of amides is 3. The van der Waals surface area contributed by atoms with E-state index in [1.165, 1.54) is 0 Å². The average Bonchev–Trinajstić information content (AvgIpc) is 3.18. The van der Waals surface area contributed by atoms with Gasteiger partial charge in [-0.3, -0.25) is 9.69 Å². The number of nitrogens with zero attached hydrogens (tertiary/aromatic N) is 3. The van der Waals surface area contributed by atoms with Crippen molar-refractivity contribution in [1.82, 2.24) is 9.80 Å². The van der Waals surface area contributed by atoms with Crippen molar-refractivity contribution in [3.63, 3.8) is 0 Å². The Balaban J connectivity index is 1.46. The number of anilines is 2. The Kier molecular flexibility index (Phi) is 5.15. The van der Waals surface area contributed by atoms with Crippen LogP contribution in [-0.4, -0.2) is 67.6 Å². The summed E-state index contributed by atoms with van der Waals surface area (Å²) in [5, 5.41) is 2.96. The van der Waals surface area contributed by atoms with Crippen molar-refractivity contribution < 1.29 is 14.3 Å². The van der Waals surface area contributed by atoms with Gasteiger partial charge in [0.25, 0.3) is 0 Å². The summed E-state index contributed by atoms with van der Waals surface area (Å²) in [6, 6.07) is 16.9. The maximum absolute atomic E-state index is 12.8. The highest BCUT2D eigenvalue weighted by molar-refractivity contribution is 5.96. The number of likely N-dealkylation sites (tertiary alicyclic amines) is 1. The minimum absolute atomic E-state index is 0.0884. The molecule has 0 saturated carbocycles. The number of hydrogen-bond donors (Lipinski definition) is 1. The number of methoxy groups -OCH3 is 1. The highest BCUT2D eigenvalue weighted by Crippen LogP contribution is 2.33. The van der Waals surface area contributed by atoms with Gasteiger partial charge in [-0.15, -0.1) is 0 Å². The number of carbonyl (C=O) groups excluding carboxylic acids is 2.